The summed E-state index contributed by atoms with van der Waals surface area (Å²) in [5.74, 6) is 1.56. The highest BCUT2D eigenvalue weighted by Gasteiger charge is 2.15. The average molecular weight is 392 g/mol. The van der Waals surface area contributed by atoms with E-state index in [4.69, 9.17) is 14.2 Å². The van der Waals surface area contributed by atoms with Gasteiger partial charge in [0.15, 0.2) is 17.3 Å². The van der Waals surface area contributed by atoms with Gasteiger partial charge in [0.25, 0.3) is 0 Å². The van der Waals surface area contributed by atoms with Gasteiger partial charge in [0.2, 0.25) is 5.75 Å². The van der Waals surface area contributed by atoms with Gasteiger partial charge in [-0.25, -0.2) is 0 Å². The van der Waals surface area contributed by atoms with Crippen molar-refractivity contribution in [1.29, 1.82) is 0 Å². The Labute approximate surface area is 170 Å². The minimum Gasteiger partial charge on any atom is -0.493 e. The zero-order valence-electron chi connectivity index (χ0n) is 17.2. The minimum absolute atomic E-state index is 0.0583. The lowest BCUT2D eigenvalue weighted by atomic mass is 10.0. The number of aromatic amines is 1. The van der Waals surface area contributed by atoms with E-state index < -0.39 is 0 Å². The van der Waals surface area contributed by atoms with Crippen LogP contribution in [0.3, 0.4) is 0 Å². The number of ketones is 1. The molecule has 0 amide bonds. The van der Waals surface area contributed by atoms with Crippen LogP contribution in [0.25, 0.3) is 17.3 Å². The lowest BCUT2D eigenvalue weighted by molar-refractivity contribution is 0.104. The summed E-state index contributed by atoms with van der Waals surface area (Å²) in [6.07, 6.45) is 3.25. The fourth-order valence-corrected chi connectivity index (χ4v) is 2.96. The molecule has 0 aliphatic carbocycles. The number of nitrogens with one attached hydrogen (secondary N) is 1. The van der Waals surface area contributed by atoms with E-state index >= 15 is 0 Å². The smallest absolute Gasteiger partial charge is 0.203 e. The molecule has 0 fully saturated rings. The first-order chi connectivity index (χ1) is 14.0. The molecule has 6 heteroatoms. The number of allylic oxidation sites excluding steroid dienone is 1. The van der Waals surface area contributed by atoms with Gasteiger partial charge in [0, 0.05) is 11.1 Å². The van der Waals surface area contributed by atoms with Gasteiger partial charge in [0.1, 0.15) is 0 Å². The summed E-state index contributed by atoms with van der Waals surface area (Å²) in [5.41, 5.74) is 5.13. The van der Waals surface area contributed by atoms with Crippen LogP contribution in [0.1, 0.15) is 27.2 Å². The van der Waals surface area contributed by atoms with Crippen LogP contribution >= 0.6 is 0 Å². The number of aryl methyl sites for hydroxylation is 2. The van der Waals surface area contributed by atoms with Crippen LogP contribution in [-0.4, -0.2) is 37.3 Å². The van der Waals surface area contributed by atoms with Crippen molar-refractivity contribution < 1.29 is 19.0 Å². The van der Waals surface area contributed by atoms with Crippen molar-refractivity contribution in [2.24, 2.45) is 0 Å². The van der Waals surface area contributed by atoms with Crippen molar-refractivity contribution in [1.82, 2.24) is 10.2 Å². The van der Waals surface area contributed by atoms with Gasteiger partial charge < -0.3 is 14.2 Å². The molecule has 0 saturated heterocycles. The Morgan fingerprint density at radius 2 is 1.62 bits per heavy atom. The summed E-state index contributed by atoms with van der Waals surface area (Å²) in [7, 11) is 4.69. The molecular formula is C23H24N2O4. The largest absolute Gasteiger partial charge is 0.493 e. The van der Waals surface area contributed by atoms with Crippen LogP contribution in [0.15, 0.2) is 42.5 Å². The van der Waals surface area contributed by atoms with E-state index in [-0.39, 0.29) is 5.78 Å². The summed E-state index contributed by atoms with van der Waals surface area (Å²) in [5, 5.41) is 7.26. The predicted molar refractivity (Wildman–Crippen MR) is 113 cm³/mol. The molecule has 0 saturated carbocycles. The zero-order valence-corrected chi connectivity index (χ0v) is 17.2. The number of benzene rings is 2. The molecule has 0 aliphatic rings. The Bertz CT molecular complexity index is 1040. The third kappa shape index (κ3) is 4.32. The number of rotatable bonds is 7. The van der Waals surface area contributed by atoms with E-state index in [2.05, 4.69) is 10.2 Å². The molecule has 1 heterocycles. The molecule has 0 unspecified atom stereocenters. The van der Waals surface area contributed by atoms with Crippen LogP contribution in [-0.2, 0) is 0 Å². The summed E-state index contributed by atoms with van der Waals surface area (Å²) in [4.78, 5) is 12.4. The molecular weight excluding hydrogens is 368 g/mol. The lowest BCUT2D eigenvalue weighted by Gasteiger charge is -2.13. The number of hydrogen-bond acceptors (Lipinski definition) is 5. The molecule has 0 spiro atoms. The summed E-state index contributed by atoms with van der Waals surface area (Å²) >= 11 is 0. The third-order valence-electron chi connectivity index (χ3n) is 4.76. The molecule has 0 aliphatic heterocycles. The highest BCUT2D eigenvalue weighted by Crippen LogP contribution is 2.40. The van der Waals surface area contributed by atoms with Crippen molar-refractivity contribution in [3.63, 3.8) is 0 Å². The van der Waals surface area contributed by atoms with Crippen LogP contribution in [0.2, 0.25) is 0 Å². The van der Waals surface area contributed by atoms with Gasteiger partial charge in [-0.3, -0.25) is 9.89 Å². The molecule has 2 aromatic carbocycles. The predicted octanol–water partition coefficient (Wildman–Crippen LogP) is 4.62. The number of aromatic nitrogens is 2. The number of H-pyrrole nitrogens is 1. The molecule has 3 aromatic rings. The summed E-state index contributed by atoms with van der Waals surface area (Å²) in [6.45, 7) is 4.02. The standard InChI is InChI=1S/C23H24N2O4/c1-14-6-7-16(10-15(14)2)20(26)9-8-18-13-19(25-24-18)17-11-21(27-3)23(29-5)22(12-17)28-4/h6-13H,1-5H3,(H,24,25)/b9-8+. The maximum atomic E-state index is 12.4. The molecule has 6 nitrogen and oxygen atoms in total. The Morgan fingerprint density at radius 1 is 0.931 bits per heavy atom. The molecule has 3 rings (SSSR count). The van der Waals surface area contributed by atoms with E-state index in [1.807, 2.05) is 50.2 Å². The van der Waals surface area contributed by atoms with Crippen LogP contribution in [0.5, 0.6) is 17.2 Å². The monoisotopic (exact) mass is 392 g/mol. The van der Waals surface area contributed by atoms with E-state index in [0.29, 0.717) is 34.2 Å². The number of carbonyl (C=O) groups is 1. The second-order valence-electron chi connectivity index (χ2n) is 6.62. The number of methoxy groups -OCH3 is 3. The second kappa shape index (κ2) is 8.65. The van der Waals surface area contributed by atoms with E-state index in [1.165, 1.54) is 6.08 Å². The van der Waals surface area contributed by atoms with Crippen LogP contribution in [0, 0.1) is 13.8 Å². The third-order valence-corrected chi connectivity index (χ3v) is 4.76. The SMILES string of the molecule is COc1cc(-c2cc(/C=C/C(=O)c3ccc(C)c(C)c3)[nH]n2)cc(OC)c1OC. The molecule has 0 bridgehead atoms. The van der Waals surface area contributed by atoms with Gasteiger partial charge in [-0.2, -0.15) is 5.10 Å². The van der Waals surface area contributed by atoms with Crippen molar-refractivity contribution in [3.05, 3.63) is 64.9 Å². The first-order valence-corrected chi connectivity index (χ1v) is 9.12. The van der Waals surface area contributed by atoms with Crippen molar-refractivity contribution in [3.8, 4) is 28.5 Å². The topological polar surface area (TPSA) is 73.4 Å². The minimum atomic E-state index is -0.0583. The number of hydrogen-bond donors (Lipinski definition) is 1. The van der Waals surface area contributed by atoms with Gasteiger partial charge >= 0.3 is 0 Å². The van der Waals surface area contributed by atoms with Crippen LogP contribution < -0.4 is 14.2 Å². The van der Waals surface area contributed by atoms with Crippen molar-refractivity contribution in [2.45, 2.75) is 13.8 Å². The first kappa shape index (κ1) is 20.2. The lowest BCUT2D eigenvalue weighted by Crippen LogP contribution is -1.95. The first-order valence-electron chi connectivity index (χ1n) is 9.12. The zero-order chi connectivity index (χ0) is 21.0. The Balaban J connectivity index is 1.84. The second-order valence-corrected chi connectivity index (χ2v) is 6.62. The van der Waals surface area contributed by atoms with Crippen molar-refractivity contribution in [2.75, 3.05) is 21.3 Å². The van der Waals surface area contributed by atoms with Crippen LogP contribution in [0.4, 0.5) is 0 Å². The molecule has 0 radical (unpaired) electrons. The quantitative estimate of drug-likeness (QED) is 0.469. The molecule has 150 valence electrons. The highest BCUT2D eigenvalue weighted by atomic mass is 16.5. The Kier molecular flexibility index (Phi) is 6.02. The summed E-state index contributed by atoms with van der Waals surface area (Å²) in [6, 6.07) is 11.2. The molecule has 1 N–H and O–H groups in total. The molecule has 29 heavy (non-hydrogen) atoms. The highest BCUT2D eigenvalue weighted by molar-refractivity contribution is 6.06. The van der Waals surface area contributed by atoms with Gasteiger partial charge in [-0.1, -0.05) is 12.1 Å². The fourth-order valence-electron chi connectivity index (χ4n) is 2.96. The maximum Gasteiger partial charge on any atom is 0.203 e. The van der Waals surface area contributed by atoms with Crippen molar-refractivity contribution >= 4 is 11.9 Å². The normalized spacial score (nSPS) is 10.9. The van der Waals surface area contributed by atoms with Gasteiger partial charge in [-0.05, 0) is 61.4 Å². The number of ether oxygens (including phenoxy) is 3. The maximum absolute atomic E-state index is 12.4. The number of nitrogens with zero attached hydrogens (tertiary/aromatic N) is 1. The van der Waals surface area contributed by atoms with Gasteiger partial charge in [-0.15, -0.1) is 0 Å². The molecule has 1 aromatic heterocycles. The number of carbonyl (C=O) groups excluding carboxylic acids is 1. The van der Waals surface area contributed by atoms with E-state index in [9.17, 15) is 4.79 Å². The Hall–Kier alpha value is -3.54. The van der Waals surface area contributed by atoms with Gasteiger partial charge in [0.05, 0.1) is 32.7 Å². The average Bonchev–Trinajstić information content (AvgIpc) is 3.21. The van der Waals surface area contributed by atoms with E-state index in [0.717, 1.165) is 16.7 Å². The summed E-state index contributed by atoms with van der Waals surface area (Å²) < 4.78 is 16.1. The van der Waals surface area contributed by atoms with E-state index in [1.54, 1.807) is 27.4 Å². The fraction of sp³-hybridized carbons (Fsp3) is 0.217. The molecule has 0 atom stereocenters. The Morgan fingerprint density at radius 3 is 2.21 bits per heavy atom.